The van der Waals surface area contributed by atoms with E-state index in [1.807, 2.05) is 49.4 Å². The summed E-state index contributed by atoms with van der Waals surface area (Å²) < 4.78 is 0. The molecule has 0 aliphatic rings. The fourth-order valence-corrected chi connectivity index (χ4v) is 2.24. The predicted molar refractivity (Wildman–Crippen MR) is 100 cm³/mol. The standard InChI is InChI=1S/C20H23N3O2/c1-14(2)13-18(16-7-5-4-6-8-16)22-23-20(25)19(24)21-17-11-9-15(3)10-12-17/h4-12,14H,13H2,1-3H3,(H,21,24)(H,23,25)/b22-18-. The second-order valence-corrected chi connectivity index (χ2v) is 6.28. The summed E-state index contributed by atoms with van der Waals surface area (Å²) in [5.74, 6) is -1.17. The lowest BCUT2D eigenvalue weighted by atomic mass is 10.0. The molecule has 0 radical (unpaired) electrons. The molecule has 2 aromatic carbocycles. The summed E-state index contributed by atoms with van der Waals surface area (Å²) >= 11 is 0. The van der Waals surface area contributed by atoms with Gasteiger partial charge in [-0.1, -0.05) is 61.9 Å². The SMILES string of the molecule is Cc1ccc(NC(=O)C(=O)N/N=C(/CC(C)C)c2ccccc2)cc1. The third-order valence-electron chi connectivity index (χ3n) is 3.52. The average Bonchev–Trinajstić information content (AvgIpc) is 2.60. The minimum atomic E-state index is -0.794. The molecule has 0 unspecified atom stereocenters. The number of benzene rings is 2. The van der Waals surface area contributed by atoms with Crippen LogP contribution in [0.5, 0.6) is 0 Å². The van der Waals surface area contributed by atoms with Gasteiger partial charge >= 0.3 is 11.8 Å². The van der Waals surface area contributed by atoms with E-state index in [-0.39, 0.29) is 0 Å². The molecule has 0 spiro atoms. The maximum atomic E-state index is 12.0. The van der Waals surface area contributed by atoms with E-state index in [1.165, 1.54) is 0 Å². The lowest BCUT2D eigenvalue weighted by molar-refractivity contribution is -0.136. The van der Waals surface area contributed by atoms with Crippen molar-refractivity contribution >= 4 is 23.2 Å². The number of hydrogen-bond acceptors (Lipinski definition) is 3. The van der Waals surface area contributed by atoms with Gasteiger partial charge in [0, 0.05) is 5.69 Å². The van der Waals surface area contributed by atoms with E-state index in [9.17, 15) is 9.59 Å². The highest BCUT2D eigenvalue weighted by Gasteiger charge is 2.14. The first kappa shape index (κ1) is 18.4. The van der Waals surface area contributed by atoms with E-state index in [0.717, 1.165) is 16.8 Å². The van der Waals surface area contributed by atoms with Gasteiger partial charge in [-0.2, -0.15) is 5.10 Å². The van der Waals surface area contributed by atoms with Crippen LogP contribution in [-0.4, -0.2) is 17.5 Å². The fourth-order valence-electron chi connectivity index (χ4n) is 2.24. The Hall–Kier alpha value is -2.95. The maximum Gasteiger partial charge on any atom is 0.329 e. The van der Waals surface area contributed by atoms with Gasteiger partial charge in [0.25, 0.3) is 0 Å². The van der Waals surface area contributed by atoms with Crippen molar-refractivity contribution in [3.8, 4) is 0 Å². The molecule has 25 heavy (non-hydrogen) atoms. The molecule has 0 aliphatic heterocycles. The molecule has 130 valence electrons. The number of hydrazone groups is 1. The van der Waals surface area contributed by atoms with Crippen LogP contribution in [0.25, 0.3) is 0 Å². The van der Waals surface area contributed by atoms with Gasteiger partial charge in [-0.15, -0.1) is 0 Å². The highest BCUT2D eigenvalue weighted by molar-refractivity contribution is 6.39. The third-order valence-corrected chi connectivity index (χ3v) is 3.52. The largest absolute Gasteiger partial charge is 0.329 e. The van der Waals surface area contributed by atoms with E-state index < -0.39 is 11.8 Å². The molecular formula is C20H23N3O2. The number of nitrogens with one attached hydrogen (secondary N) is 2. The fraction of sp³-hybridized carbons (Fsp3) is 0.250. The highest BCUT2D eigenvalue weighted by atomic mass is 16.2. The number of rotatable bonds is 5. The van der Waals surface area contributed by atoms with E-state index in [2.05, 4.69) is 29.7 Å². The molecule has 0 atom stereocenters. The minimum Gasteiger partial charge on any atom is -0.318 e. The van der Waals surface area contributed by atoms with Crippen LogP contribution in [0, 0.1) is 12.8 Å². The molecule has 2 aromatic rings. The first-order chi connectivity index (χ1) is 12.0. The van der Waals surface area contributed by atoms with Crippen molar-refractivity contribution in [3.05, 3.63) is 65.7 Å². The highest BCUT2D eigenvalue weighted by Crippen LogP contribution is 2.10. The minimum absolute atomic E-state index is 0.372. The van der Waals surface area contributed by atoms with Crippen LogP contribution >= 0.6 is 0 Å². The first-order valence-corrected chi connectivity index (χ1v) is 8.25. The van der Waals surface area contributed by atoms with Crippen LogP contribution < -0.4 is 10.7 Å². The lowest BCUT2D eigenvalue weighted by Crippen LogP contribution is -2.33. The molecule has 2 rings (SSSR count). The number of carbonyl (C=O) groups is 2. The second-order valence-electron chi connectivity index (χ2n) is 6.28. The van der Waals surface area contributed by atoms with Crippen LogP contribution in [0.3, 0.4) is 0 Å². The van der Waals surface area contributed by atoms with Crippen LogP contribution in [0.1, 0.15) is 31.4 Å². The number of nitrogens with zero attached hydrogens (tertiary/aromatic N) is 1. The Morgan fingerprint density at radius 2 is 1.60 bits per heavy atom. The lowest BCUT2D eigenvalue weighted by Gasteiger charge is -2.10. The molecule has 5 nitrogen and oxygen atoms in total. The maximum absolute atomic E-state index is 12.0. The van der Waals surface area contributed by atoms with Crippen molar-refractivity contribution in [1.82, 2.24) is 5.43 Å². The molecule has 0 aromatic heterocycles. The number of aryl methyl sites for hydroxylation is 1. The van der Waals surface area contributed by atoms with Crippen molar-refractivity contribution in [1.29, 1.82) is 0 Å². The first-order valence-electron chi connectivity index (χ1n) is 8.25. The van der Waals surface area contributed by atoms with Gasteiger partial charge in [0.1, 0.15) is 0 Å². The molecule has 0 saturated carbocycles. The Kier molecular flexibility index (Phi) is 6.46. The van der Waals surface area contributed by atoms with Gasteiger partial charge in [-0.3, -0.25) is 9.59 Å². The van der Waals surface area contributed by atoms with Crippen molar-refractivity contribution < 1.29 is 9.59 Å². The van der Waals surface area contributed by atoms with Crippen molar-refractivity contribution in [2.24, 2.45) is 11.0 Å². The Morgan fingerprint density at radius 3 is 2.20 bits per heavy atom. The molecular weight excluding hydrogens is 314 g/mol. The Labute approximate surface area is 148 Å². The molecule has 2 amide bonds. The van der Waals surface area contributed by atoms with Gasteiger partial charge in [0.15, 0.2) is 0 Å². The van der Waals surface area contributed by atoms with Crippen molar-refractivity contribution in [2.75, 3.05) is 5.32 Å². The van der Waals surface area contributed by atoms with Crippen molar-refractivity contribution in [3.63, 3.8) is 0 Å². The molecule has 5 heteroatoms. The summed E-state index contributed by atoms with van der Waals surface area (Å²) in [5, 5.41) is 6.72. The Balaban J connectivity index is 2.04. The van der Waals surface area contributed by atoms with E-state index in [4.69, 9.17) is 0 Å². The van der Waals surface area contributed by atoms with Crippen LogP contribution in [0.2, 0.25) is 0 Å². The number of carbonyl (C=O) groups excluding carboxylic acids is 2. The van der Waals surface area contributed by atoms with Gasteiger partial charge in [0.2, 0.25) is 0 Å². The quantitative estimate of drug-likeness (QED) is 0.498. The van der Waals surface area contributed by atoms with E-state index >= 15 is 0 Å². The van der Waals surface area contributed by atoms with Gasteiger partial charge < -0.3 is 5.32 Å². The summed E-state index contributed by atoms with van der Waals surface area (Å²) in [4.78, 5) is 24.0. The zero-order valence-corrected chi connectivity index (χ0v) is 14.7. The van der Waals surface area contributed by atoms with Crippen molar-refractivity contribution in [2.45, 2.75) is 27.2 Å². The second kappa shape index (κ2) is 8.78. The number of amides is 2. The molecule has 0 saturated heterocycles. The van der Waals surface area contributed by atoms with Gasteiger partial charge in [-0.05, 0) is 37.0 Å². The van der Waals surface area contributed by atoms with Crippen LogP contribution in [0.15, 0.2) is 59.7 Å². The molecule has 0 fully saturated rings. The Bertz CT molecular complexity index is 750. The zero-order valence-electron chi connectivity index (χ0n) is 14.7. The summed E-state index contributed by atoms with van der Waals surface area (Å²) in [6, 6.07) is 16.8. The summed E-state index contributed by atoms with van der Waals surface area (Å²) in [7, 11) is 0. The number of anilines is 1. The average molecular weight is 337 g/mol. The molecule has 0 aliphatic carbocycles. The summed E-state index contributed by atoms with van der Waals surface area (Å²) in [5.41, 5.74) is 5.67. The van der Waals surface area contributed by atoms with Crippen LogP contribution in [0.4, 0.5) is 5.69 Å². The van der Waals surface area contributed by atoms with Gasteiger partial charge in [-0.25, -0.2) is 5.43 Å². The number of hydrogen-bond donors (Lipinski definition) is 2. The Morgan fingerprint density at radius 1 is 0.960 bits per heavy atom. The predicted octanol–water partition coefficient (Wildman–Crippen LogP) is 3.50. The smallest absolute Gasteiger partial charge is 0.318 e. The topological polar surface area (TPSA) is 70.6 Å². The molecule has 2 N–H and O–H groups in total. The monoisotopic (exact) mass is 337 g/mol. The van der Waals surface area contributed by atoms with Crippen LogP contribution in [-0.2, 0) is 9.59 Å². The normalized spacial score (nSPS) is 11.3. The van der Waals surface area contributed by atoms with E-state index in [1.54, 1.807) is 12.1 Å². The van der Waals surface area contributed by atoms with Gasteiger partial charge in [0.05, 0.1) is 5.71 Å². The summed E-state index contributed by atoms with van der Waals surface area (Å²) in [6.07, 6.45) is 0.698. The zero-order chi connectivity index (χ0) is 18.2. The molecule has 0 bridgehead atoms. The molecule has 0 heterocycles. The third kappa shape index (κ3) is 5.88. The summed E-state index contributed by atoms with van der Waals surface area (Å²) in [6.45, 7) is 6.10. The van der Waals surface area contributed by atoms with E-state index in [0.29, 0.717) is 18.0 Å².